The van der Waals surface area contributed by atoms with E-state index in [9.17, 15) is 9.59 Å². The van der Waals surface area contributed by atoms with Gasteiger partial charge in [0.2, 0.25) is 5.91 Å². The average Bonchev–Trinajstić information content (AvgIpc) is 2.57. The molecule has 2 aliphatic rings. The lowest BCUT2D eigenvalue weighted by Crippen LogP contribution is -2.59. The summed E-state index contributed by atoms with van der Waals surface area (Å²) in [5.74, 6) is 0.00329. The van der Waals surface area contributed by atoms with E-state index in [2.05, 4.69) is 10.6 Å². The molecule has 124 valence electrons. The number of benzene rings is 1. The number of nitrogens with zero attached hydrogens (tertiary/aromatic N) is 1. The largest absolute Gasteiger partial charge is 0.372 e. The highest BCUT2D eigenvalue weighted by Crippen LogP contribution is 2.36. The van der Waals surface area contributed by atoms with Crippen LogP contribution in [0.3, 0.4) is 0 Å². The molecule has 0 aromatic heterocycles. The zero-order valence-electron chi connectivity index (χ0n) is 13.6. The Hall–Kier alpha value is -2.08. The number of anilines is 2. The Morgan fingerprint density at radius 2 is 1.96 bits per heavy atom. The average molecular weight is 317 g/mol. The summed E-state index contributed by atoms with van der Waals surface area (Å²) in [4.78, 5) is 26.8. The number of nitrogens with one attached hydrogen (secondary N) is 2. The van der Waals surface area contributed by atoms with Crippen LogP contribution in [0, 0.1) is 0 Å². The van der Waals surface area contributed by atoms with Gasteiger partial charge in [0.1, 0.15) is 11.6 Å². The second-order valence-corrected chi connectivity index (χ2v) is 6.16. The zero-order chi connectivity index (χ0) is 16.4. The number of para-hydroxylation sites is 2. The number of likely N-dealkylation sites (tertiary alicyclic amines) is 1. The van der Waals surface area contributed by atoms with Gasteiger partial charge in [-0.05, 0) is 31.4 Å². The predicted octanol–water partition coefficient (Wildman–Crippen LogP) is 1.84. The molecule has 1 aromatic rings. The van der Waals surface area contributed by atoms with Crippen molar-refractivity contribution in [1.29, 1.82) is 0 Å². The van der Waals surface area contributed by atoms with E-state index < -0.39 is 11.6 Å². The Morgan fingerprint density at radius 3 is 2.57 bits per heavy atom. The molecule has 2 N–H and O–H groups in total. The normalized spacial score (nSPS) is 20.4. The van der Waals surface area contributed by atoms with Gasteiger partial charge < -0.3 is 20.3 Å². The van der Waals surface area contributed by atoms with Crippen molar-refractivity contribution in [3.05, 3.63) is 24.3 Å². The lowest BCUT2D eigenvalue weighted by molar-refractivity contribution is -0.144. The zero-order valence-corrected chi connectivity index (χ0v) is 13.6. The number of hydrogen-bond acceptors (Lipinski definition) is 4. The van der Waals surface area contributed by atoms with Gasteiger partial charge in [0, 0.05) is 20.2 Å². The van der Waals surface area contributed by atoms with Crippen LogP contribution in [0.1, 0.15) is 26.2 Å². The van der Waals surface area contributed by atoms with E-state index in [-0.39, 0.29) is 11.8 Å². The van der Waals surface area contributed by atoms with Gasteiger partial charge in [0.05, 0.1) is 11.4 Å². The number of carbonyl (C=O) groups is 2. The summed E-state index contributed by atoms with van der Waals surface area (Å²) in [7, 11) is 1.56. The van der Waals surface area contributed by atoms with E-state index in [4.69, 9.17) is 4.74 Å². The highest BCUT2D eigenvalue weighted by molar-refractivity contribution is 6.06. The molecular formula is C17H23N3O3. The second kappa shape index (κ2) is 6.20. The van der Waals surface area contributed by atoms with E-state index in [1.807, 2.05) is 31.2 Å². The molecule has 0 radical (unpaired) electrons. The first kappa shape index (κ1) is 15.8. The molecular weight excluding hydrogens is 294 g/mol. The Balaban J connectivity index is 1.71. The maximum atomic E-state index is 12.6. The highest BCUT2D eigenvalue weighted by Gasteiger charge is 2.45. The second-order valence-electron chi connectivity index (χ2n) is 6.16. The van der Waals surface area contributed by atoms with E-state index in [1.54, 1.807) is 12.0 Å². The van der Waals surface area contributed by atoms with Crippen molar-refractivity contribution in [2.75, 3.05) is 30.8 Å². The Morgan fingerprint density at radius 1 is 1.30 bits per heavy atom. The number of piperidine rings is 1. The minimum absolute atomic E-state index is 0.0120. The van der Waals surface area contributed by atoms with Crippen molar-refractivity contribution >= 4 is 23.2 Å². The van der Waals surface area contributed by atoms with Gasteiger partial charge in [0.25, 0.3) is 5.91 Å². The highest BCUT2D eigenvalue weighted by atomic mass is 16.5. The van der Waals surface area contributed by atoms with E-state index in [0.29, 0.717) is 32.4 Å². The van der Waals surface area contributed by atoms with Crippen molar-refractivity contribution in [2.24, 2.45) is 0 Å². The summed E-state index contributed by atoms with van der Waals surface area (Å²) in [6.45, 7) is 3.05. The van der Waals surface area contributed by atoms with Crippen molar-refractivity contribution in [2.45, 2.75) is 37.8 Å². The molecule has 1 saturated heterocycles. The molecule has 6 heteroatoms. The van der Waals surface area contributed by atoms with Crippen molar-refractivity contribution < 1.29 is 14.3 Å². The number of fused-ring (bicyclic) bond motifs is 1. The number of rotatable bonds is 3. The van der Waals surface area contributed by atoms with Crippen LogP contribution in [0.15, 0.2) is 24.3 Å². The van der Waals surface area contributed by atoms with Gasteiger partial charge in [0.15, 0.2) is 0 Å². The molecule has 0 bridgehead atoms. The van der Waals surface area contributed by atoms with Crippen LogP contribution in [-0.2, 0) is 14.3 Å². The fourth-order valence-electron chi connectivity index (χ4n) is 3.36. The van der Waals surface area contributed by atoms with Gasteiger partial charge >= 0.3 is 0 Å². The molecule has 6 nitrogen and oxygen atoms in total. The molecule has 1 spiro atoms. The Labute approximate surface area is 136 Å². The maximum Gasteiger partial charge on any atom is 0.251 e. The first-order valence-electron chi connectivity index (χ1n) is 8.10. The number of methoxy groups -OCH3 is 1. The molecule has 1 fully saturated rings. The third kappa shape index (κ3) is 2.79. The summed E-state index contributed by atoms with van der Waals surface area (Å²) in [6, 6.07) is 7.69. The molecule has 2 aliphatic heterocycles. The first-order valence-corrected chi connectivity index (χ1v) is 8.10. The van der Waals surface area contributed by atoms with E-state index in [1.165, 1.54) is 0 Å². The first-order chi connectivity index (χ1) is 11.1. The maximum absolute atomic E-state index is 12.6. The SMILES string of the molecule is CC[C@H](OC)C(=O)N1CCC2(CC1)Nc1ccccc1NC2=O. The topological polar surface area (TPSA) is 70.7 Å². The summed E-state index contributed by atoms with van der Waals surface area (Å²) >= 11 is 0. The Bertz CT molecular complexity index is 605. The monoisotopic (exact) mass is 317 g/mol. The number of amides is 2. The van der Waals surface area contributed by atoms with Crippen LogP contribution in [0.4, 0.5) is 11.4 Å². The van der Waals surface area contributed by atoms with Crippen LogP contribution in [0.2, 0.25) is 0 Å². The number of carbonyl (C=O) groups excluding carboxylic acids is 2. The van der Waals surface area contributed by atoms with E-state index in [0.717, 1.165) is 11.4 Å². The minimum Gasteiger partial charge on any atom is -0.372 e. The number of ether oxygens (including phenoxy) is 1. The van der Waals surface area contributed by atoms with Crippen LogP contribution in [-0.4, -0.2) is 48.6 Å². The molecule has 0 saturated carbocycles. The quantitative estimate of drug-likeness (QED) is 0.892. The van der Waals surface area contributed by atoms with Gasteiger partial charge in [-0.2, -0.15) is 0 Å². The van der Waals surface area contributed by atoms with Crippen molar-refractivity contribution in [3.63, 3.8) is 0 Å². The smallest absolute Gasteiger partial charge is 0.251 e. The van der Waals surface area contributed by atoms with Gasteiger partial charge in [-0.25, -0.2) is 0 Å². The van der Waals surface area contributed by atoms with Gasteiger partial charge in [-0.15, -0.1) is 0 Å². The standard InChI is InChI=1S/C17H23N3O3/c1-3-14(23-2)15(21)20-10-8-17(9-11-20)16(22)18-12-6-4-5-7-13(12)19-17/h4-7,14,19H,3,8-11H2,1-2H3,(H,18,22)/t14-/m0/s1. The van der Waals surface area contributed by atoms with Gasteiger partial charge in [-0.3, -0.25) is 9.59 Å². The lowest BCUT2D eigenvalue weighted by atomic mass is 9.84. The molecule has 1 atom stereocenters. The molecule has 0 unspecified atom stereocenters. The fourth-order valence-corrected chi connectivity index (χ4v) is 3.36. The summed E-state index contributed by atoms with van der Waals surface area (Å²) in [6.07, 6.45) is 1.46. The molecule has 3 rings (SSSR count). The molecule has 23 heavy (non-hydrogen) atoms. The summed E-state index contributed by atoms with van der Waals surface area (Å²) in [5, 5.41) is 6.38. The Kier molecular flexibility index (Phi) is 4.26. The molecule has 0 aliphatic carbocycles. The fraction of sp³-hybridized carbons (Fsp3) is 0.529. The number of hydrogen-bond donors (Lipinski definition) is 2. The molecule has 1 aromatic carbocycles. The van der Waals surface area contributed by atoms with E-state index >= 15 is 0 Å². The molecule has 2 amide bonds. The van der Waals surface area contributed by atoms with Crippen LogP contribution in [0.25, 0.3) is 0 Å². The molecule has 2 heterocycles. The van der Waals surface area contributed by atoms with Gasteiger partial charge in [-0.1, -0.05) is 19.1 Å². The lowest BCUT2D eigenvalue weighted by Gasteiger charge is -2.44. The summed E-state index contributed by atoms with van der Waals surface area (Å²) in [5.41, 5.74) is 1.13. The van der Waals surface area contributed by atoms with Crippen LogP contribution in [0.5, 0.6) is 0 Å². The third-order valence-corrected chi connectivity index (χ3v) is 4.84. The van der Waals surface area contributed by atoms with Crippen molar-refractivity contribution in [3.8, 4) is 0 Å². The van der Waals surface area contributed by atoms with Crippen LogP contribution >= 0.6 is 0 Å². The third-order valence-electron chi connectivity index (χ3n) is 4.84. The van der Waals surface area contributed by atoms with Crippen molar-refractivity contribution in [1.82, 2.24) is 4.90 Å². The minimum atomic E-state index is -0.625. The van der Waals surface area contributed by atoms with Crippen LogP contribution < -0.4 is 10.6 Å². The summed E-state index contributed by atoms with van der Waals surface area (Å²) < 4.78 is 5.23. The predicted molar refractivity (Wildman–Crippen MR) is 88.3 cm³/mol.